The maximum absolute atomic E-state index is 12.9. The number of amides is 1. The first-order chi connectivity index (χ1) is 13.5. The minimum Gasteiger partial charge on any atom is -0.325 e. The van der Waals surface area contributed by atoms with E-state index in [2.05, 4.69) is 15.5 Å². The number of carbonyl (C=O) groups is 1. The van der Waals surface area contributed by atoms with Crippen LogP contribution in [0.15, 0.2) is 53.7 Å². The lowest BCUT2D eigenvalue weighted by Crippen LogP contribution is -2.14. The summed E-state index contributed by atoms with van der Waals surface area (Å²) in [7, 11) is 1.88. The molecule has 0 radical (unpaired) electrons. The van der Waals surface area contributed by atoms with E-state index in [1.54, 1.807) is 48.2 Å². The van der Waals surface area contributed by atoms with Crippen LogP contribution in [0.3, 0.4) is 0 Å². The molecule has 0 aliphatic carbocycles. The predicted octanol–water partition coefficient (Wildman–Crippen LogP) is 4.77. The number of thioether (sulfide) groups is 2. The summed E-state index contributed by atoms with van der Waals surface area (Å²) in [5, 5.41) is 12.5. The molecular weight excluding hydrogens is 419 g/mol. The standard InChI is InChI=1S/C19H18ClFN4OS2/c1-25-17(11-27-10-13-2-6-15(21)7-3-13)23-24-19(25)28-12-18(26)22-16-8-4-14(20)5-9-16/h2-9H,10-12H2,1H3,(H,22,26). The number of rotatable bonds is 8. The van der Waals surface area contributed by atoms with E-state index in [1.807, 2.05) is 11.6 Å². The molecular formula is C19H18ClFN4OS2. The van der Waals surface area contributed by atoms with Crippen LogP contribution in [-0.2, 0) is 23.3 Å². The largest absolute Gasteiger partial charge is 0.325 e. The summed E-state index contributed by atoms with van der Waals surface area (Å²) >= 11 is 8.84. The summed E-state index contributed by atoms with van der Waals surface area (Å²) in [5.74, 6) is 2.15. The van der Waals surface area contributed by atoms with Crippen LogP contribution in [0.4, 0.5) is 10.1 Å². The Morgan fingerprint density at radius 2 is 1.82 bits per heavy atom. The molecule has 0 atom stereocenters. The van der Waals surface area contributed by atoms with E-state index in [1.165, 1.54) is 23.9 Å². The van der Waals surface area contributed by atoms with E-state index in [0.29, 0.717) is 21.6 Å². The van der Waals surface area contributed by atoms with E-state index >= 15 is 0 Å². The van der Waals surface area contributed by atoms with Crippen molar-refractivity contribution in [1.82, 2.24) is 14.8 Å². The molecule has 0 saturated carbocycles. The Hall–Kier alpha value is -2.03. The molecule has 9 heteroatoms. The predicted molar refractivity (Wildman–Crippen MR) is 113 cm³/mol. The van der Waals surface area contributed by atoms with E-state index in [4.69, 9.17) is 11.6 Å². The Balaban J connectivity index is 1.46. The number of hydrogen-bond donors (Lipinski definition) is 1. The van der Waals surface area contributed by atoms with Gasteiger partial charge in [0.15, 0.2) is 5.16 Å². The first kappa shape index (κ1) is 20.7. The molecule has 0 bridgehead atoms. The van der Waals surface area contributed by atoms with Crippen molar-refractivity contribution < 1.29 is 9.18 Å². The number of benzene rings is 2. The summed E-state index contributed by atoms with van der Waals surface area (Å²) in [6, 6.07) is 13.4. The molecule has 1 aromatic heterocycles. The molecule has 3 aromatic rings. The number of hydrogen-bond acceptors (Lipinski definition) is 5. The monoisotopic (exact) mass is 436 g/mol. The molecule has 0 spiro atoms. The van der Waals surface area contributed by atoms with Crippen molar-refractivity contribution in [2.24, 2.45) is 7.05 Å². The van der Waals surface area contributed by atoms with Crippen LogP contribution in [0.25, 0.3) is 0 Å². The van der Waals surface area contributed by atoms with Crippen molar-refractivity contribution in [3.05, 3.63) is 70.8 Å². The van der Waals surface area contributed by atoms with Crippen LogP contribution in [0.2, 0.25) is 5.02 Å². The zero-order valence-electron chi connectivity index (χ0n) is 15.1. The third-order valence-corrected chi connectivity index (χ3v) is 6.07. The number of anilines is 1. The van der Waals surface area contributed by atoms with Gasteiger partial charge in [0, 0.05) is 23.5 Å². The molecule has 1 amide bonds. The summed E-state index contributed by atoms with van der Waals surface area (Å²) < 4.78 is 14.8. The highest BCUT2D eigenvalue weighted by Gasteiger charge is 2.12. The highest BCUT2D eigenvalue weighted by Crippen LogP contribution is 2.21. The van der Waals surface area contributed by atoms with Crippen LogP contribution >= 0.6 is 35.1 Å². The third kappa shape index (κ3) is 5.98. The zero-order chi connectivity index (χ0) is 19.9. The molecule has 1 heterocycles. The van der Waals surface area contributed by atoms with Gasteiger partial charge >= 0.3 is 0 Å². The van der Waals surface area contributed by atoms with Gasteiger partial charge in [-0.05, 0) is 42.0 Å². The van der Waals surface area contributed by atoms with Crippen molar-refractivity contribution in [3.63, 3.8) is 0 Å². The second kappa shape index (κ2) is 9.95. The molecule has 146 valence electrons. The Bertz CT molecular complexity index is 932. The van der Waals surface area contributed by atoms with Crippen LogP contribution in [-0.4, -0.2) is 26.4 Å². The molecule has 0 fully saturated rings. The highest BCUT2D eigenvalue weighted by atomic mass is 35.5. The lowest BCUT2D eigenvalue weighted by atomic mass is 10.2. The second-order valence-corrected chi connectivity index (χ2v) is 8.29. The van der Waals surface area contributed by atoms with E-state index < -0.39 is 0 Å². The molecule has 5 nitrogen and oxygen atoms in total. The SMILES string of the molecule is Cn1c(CSCc2ccc(F)cc2)nnc1SCC(=O)Nc1ccc(Cl)cc1. The maximum Gasteiger partial charge on any atom is 0.234 e. The Labute approximate surface area is 176 Å². The topological polar surface area (TPSA) is 59.8 Å². The van der Waals surface area contributed by atoms with Gasteiger partial charge in [-0.1, -0.05) is 35.5 Å². The zero-order valence-corrected chi connectivity index (χ0v) is 17.5. The first-order valence-electron chi connectivity index (χ1n) is 8.40. The number of aromatic nitrogens is 3. The van der Waals surface area contributed by atoms with Gasteiger partial charge in [0.2, 0.25) is 5.91 Å². The Morgan fingerprint density at radius 3 is 2.54 bits per heavy atom. The smallest absolute Gasteiger partial charge is 0.234 e. The fourth-order valence-electron chi connectivity index (χ4n) is 2.30. The second-order valence-electron chi connectivity index (χ2n) is 5.92. The van der Waals surface area contributed by atoms with Crippen LogP contribution in [0.5, 0.6) is 0 Å². The highest BCUT2D eigenvalue weighted by molar-refractivity contribution is 7.99. The van der Waals surface area contributed by atoms with Gasteiger partial charge in [0.25, 0.3) is 0 Å². The number of nitrogens with zero attached hydrogens (tertiary/aromatic N) is 3. The van der Waals surface area contributed by atoms with Gasteiger partial charge < -0.3 is 9.88 Å². The molecule has 2 aromatic carbocycles. The third-order valence-electron chi connectivity index (χ3n) is 3.80. The summed E-state index contributed by atoms with van der Waals surface area (Å²) in [6.07, 6.45) is 0. The van der Waals surface area contributed by atoms with Gasteiger partial charge in [0.1, 0.15) is 11.6 Å². The lowest BCUT2D eigenvalue weighted by Gasteiger charge is -2.06. The van der Waals surface area contributed by atoms with Crippen molar-refractivity contribution in [3.8, 4) is 0 Å². The van der Waals surface area contributed by atoms with Gasteiger partial charge in [-0.3, -0.25) is 4.79 Å². The summed E-state index contributed by atoms with van der Waals surface area (Å²) in [4.78, 5) is 12.1. The maximum atomic E-state index is 12.9. The minimum atomic E-state index is -0.233. The van der Waals surface area contributed by atoms with Crippen molar-refractivity contribution in [2.45, 2.75) is 16.7 Å². The lowest BCUT2D eigenvalue weighted by molar-refractivity contribution is -0.113. The molecule has 0 aliphatic rings. The fraction of sp³-hybridized carbons (Fsp3) is 0.211. The van der Waals surface area contributed by atoms with Crippen molar-refractivity contribution in [2.75, 3.05) is 11.1 Å². The summed E-state index contributed by atoms with van der Waals surface area (Å²) in [5.41, 5.74) is 1.76. The van der Waals surface area contributed by atoms with Gasteiger partial charge in [-0.15, -0.1) is 22.0 Å². The Kier molecular flexibility index (Phi) is 7.36. The number of nitrogens with one attached hydrogen (secondary N) is 1. The quantitative estimate of drug-likeness (QED) is 0.515. The molecule has 1 N–H and O–H groups in total. The molecule has 0 saturated heterocycles. The number of carbonyl (C=O) groups excluding carboxylic acids is 1. The van der Waals surface area contributed by atoms with E-state index in [-0.39, 0.29) is 17.5 Å². The van der Waals surface area contributed by atoms with Crippen LogP contribution in [0.1, 0.15) is 11.4 Å². The molecule has 0 aliphatic heterocycles. The van der Waals surface area contributed by atoms with Gasteiger partial charge in [0.05, 0.1) is 11.5 Å². The number of halogens is 2. The summed E-state index contributed by atoms with van der Waals surface area (Å²) in [6.45, 7) is 0. The van der Waals surface area contributed by atoms with E-state index in [9.17, 15) is 9.18 Å². The average Bonchev–Trinajstić information content (AvgIpc) is 3.03. The van der Waals surface area contributed by atoms with Crippen LogP contribution < -0.4 is 5.32 Å². The first-order valence-corrected chi connectivity index (χ1v) is 10.9. The normalized spacial score (nSPS) is 10.8. The Morgan fingerprint density at radius 1 is 1.11 bits per heavy atom. The van der Waals surface area contributed by atoms with Crippen LogP contribution in [0, 0.1) is 5.82 Å². The average molecular weight is 437 g/mol. The molecule has 3 rings (SSSR count). The molecule has 0 unspecified atom stereocenters. The fourth-order valence-corrected chi connectivity index (χ4v) is 4.12. The van der Waals surface area contributed by atoms with E-state index in [0.717, 1.165) is 17.1 Å². The van der Waals surface area contributed by atoms with Gasteiger partial charge in [-0.2, -0.15) is 0 Å². The van der Waals surface area contributed by atoms with Crippen molar-refractivity contribution in [1.29, 1.82) is 0 Å². The van der Waals surface area contributed by atoms with Crippen molar-refractivity contribution >= 4 is 46.7 Å². The molecule has 28 heavy (non-hydrogen) atoms. The minimum absolute atomic E-state index is 0.123. The van der Waals surface area contributed by atoms with Gasteiger partial charge in [-0.25, -0.2) is 4.39 Å².